The molecular formula is C41H50F9N5O8S3. The Morgan fingerprint density at radius 1 is 0.727 bits per heavy atom. The second-order valence-electron chi connectivity index (χ2n) is 16.0. The molecule has 4 aromatic rings. The van der Waals surface area contributed by atoms with Gasteiger partial charge in [-0.05, 0) is 54.6 Å². The number of hydrogen-bond acceptors (Lipinski definition) is 11. The topological polar surface area (TPSA) is 154 Å². The number of nitrogens with zero attached hydrogens (tertiary/aromatic N) is 5. The fourth-order valence-electron chi connectivity index (χ4n) is 5.45. The van der Waals surface area contributed by atoms with E-state index in [1.165, 1.54) is 28.2 Å². The van der Waals surface area contributed by atoms with Crippen molar-refractivity contribution < 1.29 is 86.2 Å². The van der Waals surface area contributed by atoms with E-state index in [0.717, 1.165) is 47.6 Å². The van der Waals surface area contributed by atoms with Crippen molar-refractivity contribution in [2.24, 2.45) is 0 Å². The van der Waals surface area contributed by atoms with E-state index in [0.29, 0.717) is 49.9 Å². The first kappa shape index (κ1) is 57.4. The number of carbonyl (C=O) groups is 2. The molecule has 4 rings (SSSR count). The molecule has 13 nitrogen and oxygen atoms in total. The number of quaternary nitrogens is 2. The lowest BCUT2D eigenvalue weighted by Crippen LogP contribution is -2.41. The Kier molecular flexibility index (Phi) is 21.2. The number of sulfonamides is 1. The van der Waals surface area contributed by atoms with Gasteiger partial charge in [-0.3, -0.25) is 4.57 Å². The largest absolute Gasteiger partial charge is 0.542 e. The SMILES string of the molecule is COc1ccc(SCc2cnc(SCc3c(F)cc(S(=O)(=O)N(CCC[N+](C)(C)C)CCC[N+](C)(C)C)cc3F)n2-c2ccc(F)cc2)cc1OC.O=C([O-])C(F)(F)F.O=C([O-])C(F)(F)F. The highest BCUT2D eigenvalue weighted by Gasteiger charge is 2.30. The predicted octanol–water partition coefficient (Wildman–Crippen LogP) is 5.67. The fraction of sp³-hybridized carbons (Fsp3) is 0.439. The Balaban J connectivity index is 0.000000923. The number of hydrogen-bond donors (Lipinski definition) is 0. The number of alkyl halides is 6. The molecule has 25 heteroatoms. The van der Waals surface area contributed by atoms with Gasteiger partial charge >= 0.3 is 12.4 Å². The van der Waals surface area contributed by atoms with E-state index in [1.54, 1.807) is 32.5 Å². The van der Waals surface area contributed by atoms with Crippen LogP contribution in [0.15, 0.2) is 75.7 Å². The van der Waals surface area contributed by atoms with Crippen molar-refractivity contribution in [2.75, 3.05) is 82.7 Å². The first-order chi connectivity index (χ1) is 30.3. The minimum atomic E-state index is -5.19. The maximum absolute atomic E-state index is 15.7. The summed E-state index contributed by atoms with van der Waals surface area (Å²) >= 11 is 2.62. The molecule has 0 saturated carbocycles. The molecule has 66 heavy (non-hydrogen) atoms. The normalized spacial score (nSPS) is 12.2. The number of aliphatic carboxylic acids is 2. The Bertz CT molecular complexity index is 2270. The van der Waals surface area contributed by atoms with Gasteiger partial charge in [0.25, 0.3) is 0 Å². The van der Waals surface area contributed by atoms with Crippen molar-refractivity contribution in [1.82, 2.24) is 13.9 Å². The molecule has 0 aliphatic carbocycles. The van der Waals surface area contributed by atoms with E-state index < -0.39 is 56.7 Å². The third-order valence-electron chi connectivity index (χ3n) is 8.66. The second kappa shape index (κ2) is 24.4. The average molecular weight is 1010 g/mol. The number of aromatic nitrogens is 2. The first-order valence-electron chi connectivity index (χ1n) is 19.3. The number of carboxylic acids is 2. The quantitative estimate of drug-likeness (QED) is 0.0649. The number of rotatable bonds is 19. The van der Waals surface area contributed by atoms with Gasteiger partial charge in [-0.1, -0.05) is 11.8 Å². The maximum Gasteiger partial charge on any atom is 0.430 e. The molecule has 0 fully saturated rings. The van der Waals surface area contributed by atoms with Gasteiger partial charge in [-0.2, -0.15) is 30.6 Å². The molecule has 0 atom stereocenters. The number of imidazole rings is 1. The molecule has 1 aromatic heterocycles. The molecule has 0 amide bonds. The summed E-state index contributed by atoms with van der Waals surface area (Å²) in [4.78, 5) is 22.6. The fourth-order valence-corrected chi connectivity index (χ4v) is 8.89. The van der Waals surface area contributed by atoms with Gasteiger partial charge < -0.3 is 38.2 Å². The number of carbonyl (C=O) groups excluding carboxylic acids is 2. The van der Waals surface area contributed by atoms with E-state index in [-0.39, 0.29) is 24.4 Å². The van der Waals surface area contributed by atoms with E-state index in [9.17, 15) is 39.2 Å². The Hall–Kier alpha value is -4.69. The standard InChI is InChI=1S/C37H50F3N5O4S3.2C2HF3O2/c1-44(2,3)19-9-17-42(18-10-20-45(4,5)6)52(46,47)31-22-33(39)32(34(40)23-31)26-51-37-41-24-29(43(37)28-13-11-27(38)12-14-28)25-50-30-15-16-35(48-7)36(21-30)49-8;2*3-2(4,5)1(6)7/h11-16,21-24H,9-10,17-20,25-26H2,1-8H3;2*(H,6,7)/q+2;;/p-2. The van der Waals surface area contributed by atoms with E-state index in [2.05, 4.69) is 4.98 Å². The van der Waals surface area contributed by atoms with E-state index in [1.807, 2.05) is 65.1 Å². The van der Waals surface area contributed by atoms with Crippen LogP contribution in [-0.4, -0.2) is 138 Å². The zero-order chi connectivity index (χ0) is 50.4. The molecule has 0 saturated heterocycles. The molecule has 0 spiro atoms. The molecule has 0 bridgehead atoms. The number of thioether (sulfide) groups is 2. The Morgan fingerprint density at radius 3 is 1.62 bits per heavy atom. The molecular weight excluding hydrogens is 958 g/mol. The number of halogens is 9. The summed E-state index contributed by atoms with van der Waals surface area (Å²) in [6.07, 6.45) is -7.52. The summed E-state index contributed by atoms with van der Waals surface area (Å²) in [5, 5.41) is 18.0. The van der Waals surface area contributed by atoms with Gasteiger partial charge in [-0.15, -0.1) is 11.8 Å². The van der Waals surface area contributed by atoms with Crippen LogP contribution in [0.2, 0.25) is 0 Å². The summed E-state index contributed by atoms with van der Waals surface area (Å²) in [5.41, 5.74) is 1.13. The van der Waals surface area contributed by atoms with Gasteiger partial charge in [0.05, 0.1) is 86.4 Å². The highest BCUT2D eigenvalue weighted by Crippen LogP contribution is 2.35. The molecule has 0 aliphatic rings. The summed E-state index contributed by atoms with van der Waals surface area (Å²) in [6.45, 7) is 1.97. The molecule has 3 aromatic carbocycles. The summed E-state index contributed by atoms with van der Waals surface area (Å²) < 4.78 is 151. The molecule has 0 aliphatic heterocycles. The highest BCUT2D eigenvalue weighted by molar-refractivity contribution is 7.98. The van der Waals surface area contributed by atoms with Gasteiger partial charge in [-0.25, -0.2) is 26.6 Å². The molecule has 1 heterocycles. The van der Waals surface area contributed by atoms with Crippen molar-refractivity contribution >= 4 is 45.5 Å². The molecule has 0 N–H and O–H groups in total. The maximum atomic E-state index is 15.7. The second-order valence-corrected chi connectivity index (χ2v) is 19.9. The Morgan fingerprint density at radius 2 is 1.20 bits per heavy atom. The van der Waals surface area contributed by atoms with Crippen molar-refractivity contribution in [3.63, 3.8) is 0 Å². The number of carboxylic acid groups (broad SMARTS) is 2. The number of ether oxygens (including phenoxy) is 2. The Labute approximate surface area is 385 Å². The van der Waals surface area contributed by atoms with E-state index >= 15 is 8.78 Å². The van der Waals surface area contributed by atoms with Gasteiger partial charge in [0.15, 0.2) is 16.7 Å². The van der Waals surface area contributed by atoms with Crippen LogP contribution in [0.5, 0.6) is 11.5 Å². The van der Waals surface area contributed by atoms with Crippen molar-refractivity contribution in [2.45, 2.75) is 51.6 Å². The van der Waals surface area contributed by atoms with Gasteiger partial charge in [0, 0.05) is 53.6 Å². The lowest BCUT2D eigenvalue weighted by atomic mass is 10.2. The van der Waals surface area contributed by atoms with Crippen LogP contribution in [0.3, 0.4) is 0 Å². The first-order valence-corrected chi connectivity index (χ1v) is 22.7. The summed E-state index contributed by atoms with van der Waals surface area (Å²) in [7, 11) is 11.1. The zero-order valence-corrected chi connectivity index (χ0v) is 39.5. The van der Waals surface area contributed by atoms with Crippen molar-refractivity contribution in [3.05, 3.63) is 89.5 Å². The molecule has 368 valence electrons. The summed E-state index contributed by atoms with van der Waals surface area (Å²) in [5.74, 6) is -6.81. The minimum Gasteiger partial charge on any atom is -0.542 e. The highest BCUT2D eigenvalue weighted by atomic mass is 32.2. The van der Waals surface area contributed by atoms with Crippen molar-refractivity contribution in [1.29, 1.82) is 0 Å². The van der Waals surface area contributed by atoms with Crippen LogP contribution < -0.4 is 19.7 Å². The lowest BCUT2D eigenvalue weighted by Gasteiger charge is -2.28. The van der Waals surface area contributed by atoms with Crippen LogP contribution in [-0.2, 0) is 31.1 Å². The number of benzene rings is 3. The third-order valence-corrected chi connectivity index (χ3v) is 12.5. The van der Waals surface area contributed by atoms with Crippen LogP contribution >= 0.6 is 23.5 Å². The van der Waals surface area contributed by atoms with Crippen molar-refractivity contribution in [3.8, 4) is 17.2 Å². The number of methoxy groups -OCH3 is 2. The monoisotopic (exact) mass is 1010 g/mol. The van der Waals surface area contributed by atoms with Crippen LogP contribution in [0, 0.1) is 17.5 Å². The molecule has 0 radical (unpaired) electrons. The lowest BCUT2D eigenvalue weighted by molar-refractivity contribution is -0.870. The predicted molar refractivity (Wildman–Crippen MR) is 224 cm³/mol. The smallest absolute Gasteiger partial charge is 0.430 e. The molecule has 0 unspecified atom stereocenters. The van der Waals surface area contributed by atoms with Crippen LogP contribution in [0.25, 0.3) is 5.69 Å². The zero-order valence-electron chi connectivity index (χ0n) is 37.1. The van der Waals surface area contributed by atoms with Gasteiger partial charge in [0.1, 0.15) is 29.4 Å². The minimum absolute atomic E-state index is 0.158. The third kappa shape index (κ3) is 18.9. The van der Waals surface area contributed by atoms with E-state index in [4.69, 9.17) is 29.3 Å². The van der Waals surface area contributed by atoms with Crippen LogP contribution in [0.1, 0.15) is 24.1 Å². The van der Waals surface area contributed by atoms with Crippen LogP contribution in [0.4, 0.5) is 39.5 Å². The van der Waals surface area contributed by atoms with Gasteiger partial charge in [0.2, 0.25) is 10.0 Å². The summed E-state index contributed by atoms with van der Waals surface area (Å²) in [6, 6.07) is 13.3. The average Bonchev–Trinajstić information content (AvgIpc) is 3.60.